The van der Waals surface area contributed by atoms with Crippen molar-refractivity contribution in [3.63, 3.8) is 0 Å². The van der Waals surface area contributed by atoms with E-state index in [1.807, 2.05) is 0 Å². The van der Waals surface area contributed by atoms with E-state index >= 15 is 0 Å². The number of fused-ring (bicyclic) bond motifs is 5. The Kier molecular flexibility index (Phi) is 6.13. The minimum Gasteiger partial charge on any atom is -0.393 e. The molecule has 1 aromatic rings. The Bertz CT molecular complexity index is 892. The molecule has 4 fully saturated rings. The van der Waals surface area contributed by atoms with Crippen molar-refractivity contribution in [3.8, 4) is 0 Å². The average molecular weight is 460 g/mol. The molecule has 1 heterocycles. The number of hydrogen-bond donors (Lipinski definition) is 3. The number of aryl methyl sites for hydroxylation is 1. The molecular formula is C28H45NO4. The summed E-state index contributed by atoms with van der Waals surface area (Å²) in [6, 6.07) is 1.58. The number of aliphatic hydroxyl groups is 2. The minimum atomic E-state index is -0.226. The van der Waals surface area contributed by atoms with Crippen LogP contribution in [-0.4, -0.2) is 27.6 Å². The van der Waals surface area contributed by atoms with Crippen molar-refractivity contribution in [2.75, 3.05) is 0 Å². The third-order valence-electron chi connectivity index (χ3n) is 11.6. The number of H-pyrrole nitrogens is 1. The normalized spacial score (nSPS) is 48.1. The molecule has 0 amide bonds. The molecule has 4 aliphatic carbocycles. The molecule has 186 valence electrons. The molecule has 33 heavy (non-hydrogen) atoms. The number of aromatic nitrogens is 1. The molecule has 0 spiro atoms. The van der Waals surface area contributed by atoms with Gasteiger partial charge in [-0.15, -0.1) is 0 Å². The average Bonchev–Trinajstić information content (AvgIpc) is 3.36. The van der Waals surface area contributed by atoms with Gasteiger partial charge in [-0.3, -0.25) is 4.79 Å². The van der Waals surface area contributed by atoms with Crippen LogP contribution in [-0.2, 0) is 6.42 Å². The Balaban J connectivity index is 1.37. The third kappa shape index (κ3) is 3.67. The minimum absolute atomic E-state index is 0.150. The van der Waals surface area contributed by atoms with Crippen molar-refractivity contribution in [1.29, 1.82) is 0 Å². The second kappa shape index (κ2) is 8.55. The van der Waals surface area contributed by atoms with E-state index in [1.165, 1.54) is 25.7 Å². The molecule has 1 aromatic heterocycles. The van der Waals surface area contributed by atoms with Gasteiger partial charge in [0.05, 0.1) is 12.2 Å². The number of nitrogens with one attached hydrogen (secondary N) is 1. The molecule has 0 aliphatic heterocycles. The summed E-state index contributed by atoms with van der Waals surface area (Å²) in [4.78, 5) is 11.4. The van der Waals surface area contributed by atoms with Gasteiger partial charge in [0.15, 0.2) is 0 Å². The molecule has 5 heteroatoms. The zero-order valence-corrected chi connectivity index (χ0v) is 21.1. The predicted molar refractivity (Wildman–Crippen MR) is 129 cm³/mol. The van der Waals surface area contributed by atoms with Gasteiger partial charge in [-0.25, -0.2) is 0 Å². The molecule has 4 saturated carbocycles. The van der Waals surface area contributed by atoms with Crippen molar-refractivity contribution >= 4 is 0 Å². The maximum Gasteiger partial charge on any atom is 0.280 e. The van der Waals surface area contributed by atoms with Crippen LogP contribution in [0.1, 0.15) is 91.2 Å². The van der Waals surface area contributed by atoms with Crippen LogP contribution in [0.25, 0.3) is 0 Å². The van der Waals surface area contributed by atoms with Crippen LogP contribution in [0.5, 0.6) is 0 Å². The fraction of sp³-hybridized carbons (Fsp3) is 0.893. The molecule has 4 aliphatic rings. The van der Waals surface area contributed by atoms with Gasteiger partial charge in [-0.05, 0) is 104 Å². The summed E-state index contributed by atoms with van der Waals surface area (Å²) in [6.07, 6.45) is 10.4. The SMILES string of the molecule is CC[C@H]1[C@@H](O)[C@@H]2[C@H](CC[C@]3(C)[C@@H]([C@H](C)CCc4cc(=O)[nH]o4)CC[C@@H]23)[C@@]2(C)CC[C@@H](O)C[C@@H]12. The highest BCUT2D eigenvalue weighted by atomic mass is 16.5. The van der Waals surface area contributed by atoms with Crippen LogP contribution < -0.4 is 5.56 Å². The number of aliphatic hydroxyl groups excluding tert-OH is 2. The van der Waals surface area contributed by atoms with Crippen LogP contribution >= 0.6 is 0 Å². The molecule has 11 atom stereocenters. The highest BCUT2D eigenvalue weighted by Crippen LogP contribution is 2.69. The lowest BCUT2D eigenvalue weighted by atomic mass is 9.41. The lowest BCUT2D eigenvalue weighted by molar-refractivity contribution is -0.203. The van der Waals surface area contributed by atoms with E-state index in [2.05, 4.69) is 32.9 Å². The summed E-state index contributed by atoms with van der Waals surface area (Å²) >= 11 is 0. The molecule has 0 saturated heterocycles. The lowest BCUT2D eigenvalue weighted by Gasteiger charge is -2.64. The van der Waals surface area contributed by atoms with Gasteiger partial charge in [0.1, 0.15) is 5.76 Å². The predicted octanol–water partition coefficient (Wildman–Crippen LogP) is 5.16. The zero-order chi connectivity index (χ0) is 23.5. The maximum absolute atomic E-state index is 11.8. The highest BCUT2D eigenvalue weighted by Gasteiger charge is 2.64. The molecule has 0 radical (unpaired) electrons. The van der Waals surface area contributed by atoms with Crippen LogP contribution in [0.15, 0.2) is 15.4 Å². The van der Waals surface area contributed by atoms with E-state index < -0.39 is 0 Å². The molecule has 3 N–H and O–H groups in total. The fourth-order valence-electron chi connectivity index (χ4n) is 9.95. The van der Waals surface area contributed by atoms with Gasteiger partial charge >= 0.3 is 0 Å². The number of aromatic amines is 1. The first-order valence-electron chi connectivity index (χ1n) is 13.7. The van der Waals surface area contributed by atoms with Crippen LogP contribution in [0.4, 0.5) is 0 Å². The first kappa shape index (κ1) is 23.7. The lowest BCUT2D eigenvalue weighted by Crippen LogP contribution is -2.62. The Morgan fingerprint density at radius 1 is 1.09 bits per heavy atom. The van der Waals surface area contributed by atoms with Gasteiger partial charge in [0, 0.05) is 12.5 Å². The molecule has 0 bridgehead atoms. The highest BCUT2D eigenvalue weighted by molar-refractivity contribution is 5.13. The van der Waals surface area contributed by atoms with Crippen LogP contribution in [0.2, 0.25) is 0 Å². The van der Waals surface area contributed by atoms with Crippen molar-refractivity contribution in [2.45, 2.75) is 104 Å². The number of hydrogen-bond acceptors (Lipinski definition) is 4. The largest absolute Gasteiger partial charge is 0.393 e. The summed E-state index contributed by atoms with van der Waals surface area (Å²) in [5.74, 6) is 4.39. The zero-order valence-electron chi connectivity index (χ0n) is 21.1. The van der Waals surface area contributed by atoms with Crippen molar-refractivity contribution in [1.82, 2.24) is 5.16 Å². The summed E-state index contributed by atoms with van der Waals surface area (Å²) in [7, 11) is 0. The molecule has 5 nitrogen and oxygen atoms in total. The standard InChI is InChI=1S/C28H45NO4/c1-5-19-23-14-17(30)10-12-28(23,4)22-11-13-27(3)20(8-9-21(27)25(22)26(19)32)16(2)6-7-18-15-24(31)29-33-18/h15-17,19-23,25-26,30,32H,5-14H2,1-4H3,(H,29,31)/t16-,17-,19-,20-,21+,22+,23+,25+,26-,27-,28-/m1/s1. The van der Waals surface area contributed by atoms with E-state index in [-0.39, 0.29) is 28.6 Å². The fourth-order valence-corrected chi connectivity index (χ4v) is 9.95. The Hall–Kier alpha value is -1.07. The topological polar surface area (TPSA) is 86.5 Å². The summed E-state index contributed by atoms with van der Waals surface area (Å²) in [5.41, 5.74) is 0.402. The van der Waals surface area contributed by atoms with E-state index in [1.54, 1.807) is 6.07 Å². The van der Waals surface area contributed by atoms with Gasteiger partial charge in [-0.1, -0.05) is 34.1 Å². The van der Waals surface area contributed by atoms with Crippen LogP contribution in [0, 0.1) is 52.3 Å². The van der Waals surface area contributed by atoms with Crippen molar-refractivity contribution < 1.29 is 14.7 Å². The quantitative estimate of drug-likeness (QED) is 0.567. The van der Waals surface area contributed by atoms with Crippen molar-refractivity contribution in [2.24, 2.45) is 52.3 Å². The second-order valence-electron chi connectivity index (χ2n) is 12.8. The van der Waals surface area contributed by atoms with Gasteiger partial charge in [0.2, 0.25) is 0 Å². The van der Waals surface area contributed by atoms with Gasteiger partial charge < -0.3 is 14.7 Å². The van der Waals surface area contributed by atoms with E-state index in [4.69, 9.17) is 4.52 Å². The van der Waals surface area contributed by atoms with E-state index in [9.17, 15) is 15.0 Å². The monoisotopic (exact) mass is 459 g/mol. The molecule has 5 rings (SSSR count). The summed E-state index contributed by atoms with van der Waals surface area (Å²) < 4.78 is 5.30. The summed E-state index contributed by atoms with van der Waals surface area (Å²) in [6.45, 7) is 9.68. The summed E-state index contributed by atoms with van der Waals surface area (Å²) in [5, 5.41) is 24.7. The maximum atomic E-state index is 11.8. The molecule has 0 aromatic carbocycles. The Morgan fingerprint density at radius 3 is 2.52 bits per heavy atom. The Morgan fingerprint density at radius 2 is 1.82 bits per heavy atom. The number of rotatable bonds is 5. The third-order valence-corrected chi connectivity index (χ3v) is 11.6. The smallest absolute Gasteiger partial charge is 0.280 e. The van der Waals surface area contributed by atoms with Gasteiger partial charge in [-0.2, -0.15) is 5.16 Å². The second-order valence-corrected chi connectivity index (χ2v) is 12.8. The van der Waals surface area contributed by atoms with Crippen LogP contribution in [0.3, 0.4) is 0 Å². The van der Waals surface area contributed by atoms with Crippen molar-refractivity contribution in [3.05, 3.63) is 22.2 Å². The molecular weight excluding hydrogens is 414 g/mol. The Labute approximate surface area is 198 Å². The first-order valence-corrected chi connectivity index (χ1v) is 13.7. The molecule has 0 unspecified atom stereocenters. The van der Waals surface area contributed by atoms with E-state index in [0.717, 1.165) is 44.3 Å². The van der Waals surface area contributed by atoms with Gasteiger partial charge in [0.25, 0.3) is 5.56 Å². The first-order chi connectivity index (χ1) is 15.7. The van der Waals surface area contributed by atoms with E-state index in [0.29, 0.717) is 41.4 Å².